The first-order valence-electron chi connectivity index (χ1n) is 6.81. The molecule has 20 heavy (non-hydrogen) atoms. The molecule has 108 valence electrons. The molecule has 0 atom stereocenters. The van der Waals surface area contributed by atoms with E-state index in [-0.39, 0.29) is 0 Å². The molecule has 0 aliphatic heterocycles. The fraction of sp³-hybridized carbons (Fsp3) is 0.467. The number of nitrogens with two attached hydrogens (primary N) is 1. The van der Waals surface area contributed by atoms with Gasteiger partial charge in [-0.2, -0.15) is 0 Å². The van der Waals surface area contributed by atoms with Gasteiger partial charge < -0.3 is 15.0 Å². The lowest BCUT2D eigenvalue weighted by atomic mass is 10.0. The van der Waals surface area contributed by atoms with Crippen LogP contribution >= 0.6 is 0 Å². The van der Waals surface area contributed by atoms with Crippen LogP contribution in [-0.4, -0.2) is 28.5 Å². The molecule has 1 aromatic carbocycles. The largest absolute Gasteiger partial charge is 0.383 e. The number of rotatable bonds is 6. The molecular formula is C15H22N4O. The van der Waals surface area contributed by atoms with Gasteiger partial charge in [0.25, 0.3) is 0 Å². The van der Waals surface area contributed by atoms with Gasteiger partial charge in [0.2, 0.25) is 0 Å². The summed E-state index contributed by atoms with van der Waals surface area (Å²) in [4.78, 5) is 0. The van der Waals surface area contributed by atoms with Crippen LogP contribution in [0.2, 0.25) is 0 Å². The number of hydrogen-bond donors (Lipinski definition) is 1. The van der Waals surface area contributed by atoms with E-state index >= 15 is 0 Å². The highest BCUT2D eigenvalue weighted by Gasteiger charge is 2.12. The van der Waals surface area contributed by atoms with Crippen molar-refractivity contribution in [2.75, 3.05) is 13.7 Å². The predicted molar refractivity (Wildman–Crippen MR) is 78.5 cm³/mol. The maximum atomic E-state index is 5.72. The van der Waals surface area contributed by atoms with Crippen LogP contribution in [0.1, 0.15) is 28.3 Å². The molecular weight excluding hydrogens is 252 g/mol. The van der Waals surface area contributed by atoms with E-state index in [1.807, 2.05) is 0 Å². The van der Waals surface area contributed by atoms with Gasteiger partial charge in [0.05, 0.1) is 13.2 Å². The molecule has 0 aliphatic rings. The molecule has 0 amide bonds. The van der Waals surface area contributed by atoms with Crippen molar-refractivity contribution in [1.29, 1.82) is 0 Å². The molecule has 0 fully saturated rings. The van der Waals surface area contributed by atoms with Crippen LogP contribution in [0, 0.1) is 13.8 Å². The molecule has 0 spiro atoms. The maximum Gasteiger partial charge on any atom is 0.146 e. The predicted octanol–water partition coefficient (Wildman–Crippen LogP) is 1.59. The molecule has 0 saturated heterocycles. The van der Waals surface area contributed by atoms with Gasteiger partial charge in [0, 0.05) is 20.1 Å². The molecule has 2 aromatic rings. The molecule has 1 aromatic heterocycles. The Labute approximate surface area is 119 Å². The maximum absolute atomic E-state index is 5.72. The van der Waals surface area contributed by atoms with E-state index in [0.717, 1.165) is 24.6 Å². The van der Waals surface area contributed by atoms with Crippen LogP contribution in [-0.2, 0) is 24.2 Å². The minimum Gasteiger partial charge on any atom is -0.383 e. The Hall–Kier alpha value is -1.72. The van der Waals surface area contributed by atoms with Gasteiger partial charge >= 0.3 is 0 Å². The van der Waals surface area contributed by atoms with Gasteiger partial charge in [-0.1, -0.05) is 23.8 Å². The van der Waals surface area contributed by atoms with Crippen molar-refractivity contribution in [3.05, 3.63) is 46.5 Å². The summed E-state index contributed by atoms with van der Waals surface area (Å²) in [6.45, 7) is 5.98. The molecule has 5 heteroatoms. The standard InChI is InChI=1S/C15H22N4O/c1-11-4-5-12(2)13(8-11)9-14-17-18-15(10-16)19(14)6-7-20-3/h4-5,8H,6-7,9-10,16H2,1-3H3. The van der Waals surface area contributed by atoms with Gasteiger partial charge in [-0.05, 0) is 25.0 Å². The monoisotopic (exact) mass is 274 g/mol. The van der Waals surface area contributed by atoms with Gasteiger partial charge in [0.15, 0.2) is 0 Å². The number of benzene rings is 1. The summed E-state index contributed by atoms with van der Waals surface area (Å²) < 4.78 is 7.21. The van der Waals surface area contributed by atoms with E-state index in [9.17, 15) is 0 Å². The Kier molecular flexibility index (Phi) is 4.87. The van der Waals surface area contributed by atoms with E-state index in [1.54, 1.807) is 7.11 Å². The van der Waals surface area contributed by atoms with Gasteiger partial charge in [0.1, 0.15) is 11.6 Å². The smallest absolute Gasteiger partial charge is 0.146 e. The Bertz CT molecular complexity index is 577. The quantitative estimate of drug-likeness (QED) is 0.868. The second-order valence-corrected chi connectivity index (χ2v) is 4.99. The zero-order valence-corrected chi connectivity index (χ0v) is 12.4. The van der Waals surface area contributed by atoms with Gasteiger partial charge in [-0.15, -0.1) is 10.2 Å². The van der Waals surface area contributed by atoms with E-state index in [1.165, 1.54) is 16.7 Å². The second-order valence-electron chi connectivity index (χ2n) is 4.99. The van der Waals surface area contributed by atoms with Gasteiger partial charge in [-0.25, -0.2) is 0 Å². The first-order chi connectivity index (χ1) is 9.65. The van der Waals surface area contributed by atoms with Crippen molar-refractivity contribution in [1.82, 2.24) is 14.8 Å². The topological polar surface area (TPSA) is 66.0 Å². The highest BCUT2D eigenvalue weighted by molar-refractivity contribution is 5.32. The minimum absolute atomic E-state index is 0.392. The summed E-state index contributed by atoms with van der Waals surface area (Å²) in [5.41, 5.74) is 9.52. The molecule has 2 rings (SSSR count). The van der Waals surface area contributed by atoms with Crippen molar-refractivity contribution in [2.24, 2.45) is 5.73 Å². The lowest BCUT2D eigenvalue weighted by Crippen LogP contribution is -2.14. The van der Waals surface area contributed by atoms with Crippen LogP contribution in [0.4, 0.5) is 0 Å². The van der Waals surface area contributed by atoms with E-state index in [2.05, 4.69) is 46.8 Å². The van der Waals surface area contributed by atoms with Crippen LogP contribution in [0.25, 0.3) is 0 Å². The van der Waals surface area contributed by atoms with Crippen LogP contribution < -0.4 is 5.73 Å². The molecule has 2 N–H and O–H groups in total. The van der Waals surface area contributed by atoms with Gasteiger partial charge in [-0.3, -0.25) is 0 Å². The van der Waals surface area contributed by atoms with E-state index in [0.29, 0.717) is 13.2 Å². The highest BCUT2D eigenvalue weighted by atomic mass is 16.5. The third kappa shape index (κ3) is 3.23. The average molecular weight is 274 g/mol. The van der Waals surface area contributed by atoms with Crippen molar-refractivity contribution < 1.29 is 4.74 Å². The molecule has 1 heterocycles. The van der Waals surface area contributed by atoms with Crippen LogP contribution in [0.3, 0.4) is 0 Å². The van der Waals surface area contributed by atoms with E-state index < -0.39 is 0 Å². The Balaban J connectivity index is 2.28. The molecule has 5 nitrogen and oxygen atoms in total. The Morgan fingerprint density at radius 1 is 1.20 bits per heavy atom. The summed E-state index contributed by atoms with van der Waals surface area (Å²) in [6, 6.07) is 6.47. The number of aromatic nitrogens is 3. The third-order valence-electron chi connectivity index (χ3n) is 3.46. The van der Waals surface area contributed by atoms with Crippen molar-refractivity contribution in [3.8, 4) is 0 Å². The van der Waals surface area contributed by atoms with Crippen LogP contribution in [0.15, 0.2) is 18.2 Å². The van der Waals surface area contributed by atoms with Crippen molar-refractivity contribution in [3.63, 3.8) is 0 Å². The molecule has 0 saturated carbocycles. The number of hydrogen-bond acceptors (Lipinski definition) is 4. The number of nitrogens with zero attached hydrogens (tertiary/aromatic N) is 3. The first kappa shape index (κ1) is 14.7. The fourth-order valence-electron chi connectivity index (χ4n) is 2.26. The Morgan fingerprint density at radius 3 is 2.65 bits per heavy atom. The lowest BCUT2D eigenvalue weighted by molar-refractivity contribution is 0.185. The number of ether oxygens (including phenoxy) is 1. The summed E-state index contributed by atoms with van der Waals surface area (Å²) in [7, 11) is 1.69. The fourth-order valence-corrected chi connectivity index (χ4v) is 2.26. The summed E-state index contributed by atoms with van der Waals surface area (Å²) in [5.74, 6) is 1.75. The zero-order valence-electron chi connectivity index (χ0n) is 12.4. The van der Waals surface area contributed by atoms with Crippen LogP contribution in [0.5, 0.6) is 0 Å². The summed E-state index contributed by atoms with van der Waals surface area (Å²) in [5, 5.41) is 8.45. The minimum atomic E-state index is 0.392. The average Bonchev–Trinajstić information content (AvgIpc) is 2.82. The lowest BCUT2D eigenvalue weighted by Gasteiger charge is -2.11. The molecule has 0 radical (unpaired) electrons. The molecule has 0 unspecified atom stereocenters. The highest BCUT2D eigenvalue weighted by Crippen LogP contribution is 2.15. The Morgan fingerprint density at radius 2 is 1.95 bits per heavy atom. The van der Waals surface area contributed by atoms with Crippen molar-refractivity contribution >= 4 is 0 Å². The van der Waals surface area contributed by atoms with Crippen molar-refractivity contribution in [2.45, 2.75) is 33.4 Å². The summed E-state index contributed by atoms with van der Waals surface area (Å²) >= 11 is 0. The molecule has 0 bridgehead atoms. The normalized spacial score (nSPS) is 11.0. The number of aryl methyl sites for hydroxylation is 2. The summed E-state index contributed by atoms with van der Waals surface area (Å²) in [6.07, 6.45) is 0.768. The zero-order chi connectivity index (χ0) is 14.5. The number of methoxy groups -OCH3 is 1. The third-order valence-corrected chi connectivity index (χ3v) is 3.46. The SMILES string of the molecule is COCCn1c(CN)nnc1Cc1cc(C)ccc1C. The first-order valence-corrected chi connectivity index (χ1v) is 6.81. The van der Waals surface area contributed by atoms with E-state index in [4.69, 9.17) is 10.5 Å². The second kappa shape index (κ2) is 6.63. The molecule has 0 aliphatic carbocycles.